The number of para-hydroxylation sites is 1. The molecule has 0 radical (unpaired) electrons. The summed E-state index contributed by atoms with van der Waals surface area (Å²) in [7, 11) is 0. The predicted octanol–water partition coefficient (Wildman–Crippen LogP) is 3.83. The molecule has 4 heteroatoms. The van der Waals surface area contributed by atoms with Gasteiger partial charge in [-0.15, -0.1) is 0 Å². The van der Waals surface area contributed by atoms with Crippen LogP contribution in [0.5, 0.6) is 0 Å². The highest BCUT2D eigenvalue weighted by molar-refractivity contribution is 5.80. The van der Waals surface area contributed by atoms with Crippen LogP contribution < -0.4 is 15.5 Å². The highest BCUT2D eigenvalue weighted by Crippen LogP contribution is 2.23. The fourth-order valence-corrected chi connectivity index (χ4v) is 3.43. The maximum absolute atomic E-state index is 4.86. The molecule has 0 saturated carbocycles. The molecule has 1 fully saturated rings. The van der Waals surface area contributed by atoms with Crippen molar-refractivity contribution < 1.29 is 0 Å². The third-order valence-corrected chi connectivity index (χ3v) is 4.91. The van der Waals surface area contributed by atoms with Gasteiger partial charge < -0.3 is 15.5 Å². The van der Waals surface area contributed by atoms with Crippen LogP contribution in [0.4, 0.5) is 5.69 Å². The Morgan fingerprint density at radius 1 is 1.12 bits per heavy atom. The summed E-state index contributed by atoms with van der Waals surface area (Å²) < 4.78 is 0. The van der Waals surface area contributed by atoms with Gasteiger partial charge in [-0.25, -0.2) is 0 Å². The molecule has 2 aromatic carbocycles. The maximum Gasteiger partial charge on any atom is 0.191 e. The van der Waals surface area contributed by atoms with E-state index in [2.05, 4.69) is 84.0 Å². The summed E-state index contributed by atoms with van der Waals surface area (Å²) in [5.74, 6) is 1.51. The second-order valence-electron chi connectivity index (χ2n) is 6.93. The number of guanidine groups is 1. The second kappa shape index (κ2) is 9.27. The molecule has 1 saturated heterocycles. The van der Waals surface area contributed by atoms with Gasteiger partial charge in [-0.3, -0.25) is 4.99 Å². The highest BCUT2D eigenvalue weighted by Gasteiger charge is 2.22. The van der Waals surface area contributed by atoms with Crippen molar-refractivity contribution in [2.75, 3.05) is 31.1 Å². The third-order valence-electron chi connectivity index (χ3n) is 4.91. The lowest BCUT2D eigenvalue weighted by atomic mass is 10.1. The Morgan fingerprint density at radius 3 is 2.50 bits per heavy atom. The van der Waals surface area contributed by atoms with Crippen molar-refractivity contribution >= 4 is 11.6 Å². The number of rotatable bonds is 6. The number of benzene rings is 2. The Balaban J connectivity index is 1.56. The normalized spacial score (nSPS) is 18.6. The molecule has 0 aliphatic carbocycles. The number of hydrogen-bond donors (Lipinski definition) is 2. The van der Waals surface area contributed by atoms with Crippen LogP contribution in [0.25, 0.3) is 0 Å². The zero-order chi connectivity index (χ0) is 18.2. The Hall–Kier alpha value is -2.49. The van der Waals surface area contributed by atoms with Gasteiger partial charge in [-0.05, 0) is 43.9 Å². The van der Waals surface area contributed by atoms with Crippen molar-refractivity contribution in [3.63, 3.8) is 0 Å². The summed E-state index contributed by atoms with van der Waals surface area (Å²) >= 11 is 0. The van der Waals surface area contributed by atoms with E-state index in [0.717, 1.165) is 32.1 Å². The smallest absolute Gasteiger partial charge is 0.191 e. The molecular formula is C22H30N4. The van der Waals surface area contributed by atoms with E-state index in [1.807, 2.05) is 6.07 Å². The molecular weight excluding hydrogens is 320 g/mol. The molecule has 1 aliphatic rings. The van der Waals surface area contributed by atoms with Crippen LogP contribution in [0.3, 0.4) is 0 Å². The molecule has 1 heterocycles. The minimum absolute atomic E-state index is 0.235. The van der Waals surface area contributed by atoms with Crippen LogP contribution in [-0.4, -0.2) is 32.1 Å². The van der Waals surface area contributed by atoms with Gasteiger partial charge in [0, 0.05) is 31.9 Å². The fourth-order valence-electron chi connectivity index (χ4n) is 3.43. The summed E-state index contributed by atoms with van der Waals surface area (Å²) in [6.45, 7) is 8.22. The molecule has 2 unspecified atom stereocenters. The summed E-state index contributed by atoms with van der Waals surface area (Å²) in [5, 5.41) is 6.90. The Bertz CT molecular complexity index is 684. The molecule has 3 rings (SSSR count). The largest absolute Gasteiger partial charge is 0.371 e. The van der Waals surface area contributed by atoms with Gasteiger partial charge in [0.15, 0.2) is 5.96 Å². The van der Waals surface area contributed by atoms with E-state index < -0.39 is 0 Å². The van der Waals surface area contributed by atoms with Crippen LogP contribution in [0.15, 0.2) is 65.7 Å². The Labute approximate surface area is 157 Å². The van der Waals surface area contributed by atoms with Crippen LogP contribution in [0.2, 0.25) is 0 Å². The number of nitrogens with zero attached hydrogens (tertiary/aromatic N) is 2. The van der Waals surface area contributed by atoms with Gasteiger partial charge in [-0.2, -0.15) is 0 Å². The SMILES string of the molecule is CCNC(=NCC1CCN(c2ccccc2)C1)NC(C)c1ccccc1. The van der Waals surface area contributed by atoms with Gasteiger partial charge in [0.25, 0.3) is 0 Å². The molecule has 0 bridgehead atoms. The molecule has 0 spiro atoms. The minimum Gasteiger partial charge on any atom is -0.371 e. The van der Waals surface area contributed by atoms with Crippen molar-refractivity contribution in [3.05, 3.63) is 66.2 Å². The molecule has 2 N–H and O–H groups in total. The molecule has 2 aromatic rings. The first kappa shape index (κ1) is 18.3. The average Bonchev–Trinajstić information content (AvgIpc) is 3.17. The van der Waals surface area contributed by atoms with Crippen molar-refractivity contribution in [1.82, 2.24) is 10.6 Å². The molecule has 1 aliphatic heterocycles. The molecule has 2 atom stereocenters. The van der Waals surface area contributed by atoms with E-state index >= 15 is 0 Å². The number of nitrogens with one attached hydrogen (secondary N) is 2. The van der Waals surface area contributed by atoms with Crippen molar-refractivity contribution in [3.8, 4) is 0 Å². The Kier molecular flexibility index (Phi) is 6.53. The lowest BCUT2D eigenvalue weighted by Gasteiger charge is -2.19. The molecule has 4 nitrogen and oxygen atoms in total. The number of anilines is 1. The van der Waals surface area contributed by atoms with Gasteiger partial charge in [0.05, 0.1) is 6.04 Å². The van der Waals surface area contributed by atoms with Gasteiger partial charge in [0.2, 0.25) is 0 Å². The van der Waals surface area contributed by atoms with E-state index in [1.165, 1.54) is 17.7 Å². The lowest BCUT2D eigenvalue weighted by molar-refractivity contribution is 0.594. The number of hydrogen-bond acceptors (Lipinski definition) is 2. The zero-order valence-electron chi connectivity index (χ0n) is 15.9. The lowest BCUT2D eigenvalue weighted by Crippen LogP contribution is -2.39. The zero-order valence-corrected chi connectivity index (χ0v) is 15.9. The van der Waals surface area contributed by atoms with Crippen LogP contribution in [0, 0.1) is 5.92 Å². The van der Waals surface area contributed by atoms with E-state index in [1.54, 1.807) is 0 Å². The van der Waals surface area contributed by atoms with Crippen LogP contribution in [0.1, 0.15) is 31.9 Å². The van der Waals surface area contributed by atoms with Gasteiger partial charge in [-0.1, -0.05) is 48.5 Å². The monoisotopic (exact) mass is 350 g/mol. The number of aliphatic imine (C=N–C) groups is 1. The predicted molar refractivity (Wildman–Crippen MR) is 111 cm³/mol. The molecule has 0 aromatic heterocycles. The summed E-state index contributed by atoms with van der Waals surface area (Å²) in [5.41, 5.74) is 2.59. The summed E-state index contributed by atoms with van der Waals surface area (Å²) in [4.78, 5) is 7.32. The molecule has 138 valence electrons. The van der Waals surface area contributed by atoms with Gasteiger partial charge in [0.1, 0.15) is 0 Å². The van der Waals surface area contributed by atoms with E-state index in [-0.39, 0.29) is 6.04 Å². The highest BCUT2D eigenvalue weighted by atomic mass is 15.2. The first-order chi connectivity index (χ1) is 12.8. The van der Waals surface area contributed by atoms with E-state index in [4.69, 9.17) is 4.99 Å². The standard InChI is InChI=1S/C22H30N4/c1-3-23-22(25-18(2)20-10-6-4-7-11-20)24-16-19-14-15-26(17-19)21-12-8-5-9-13-21/h4-13,18-19H,3,14-17H2,1-2H3,(H2,23,24,25). The van der Waals surface area contributed by atoms with Crippen molar-refractivity contribution in [2.45, 2.75) is 26.3 Å². The summed E-state index contributed by atoms with van der Waals surface area (Å²) in [6.07, 6.45) is 1.20. The van der Waals surface area contributed by atoms with Crippen molar-refractivity contribution in [1.29, 1.82) is 0 Å². The fraction of sp³-hybridized carbons (Fsp3) is 0.409. The first-order valence-electron chi connectivity index (χ1n) is 9.66. The van der Waals surface area contributed by atoms with Crippen molar-refractivity contribution in [2.24, 2.45) is 10.9 Å². The second-order valence-corrected chi connectivity index (χ2v) is 6.93. The Morgan fingerprint density at radius 2 is 1.81 bits per heavy atom. The van der Waals surface area contributed by atoms with Crippen LogP contribution >= 0.6 is 0 Å². The topological polar surface area (TPSA) is 39.7 Å². The quantitative estimate of drug-likeness (QED) is 0.614. The summed E-state index contributed by atoms with van der Waals surface area (Å²) in [6, 6.07) is 21.4. The first-order valence-corrected chi connectivity index (χ1v) is 9.66. The van der Waals surface area contributed by atoms with E-state index in [0.29, 0.717) is 5.92 Å². The molecule has 0 amide bonds. The molecule has 26 heavy (non-hydrogen) atoms. The maximum atomic E-state index is 4.86. The van der Waals surface area contributed by atoms with E-state index in [9.17, 15) is 0 Å². The minimum atomic E-state index is 0.235. The van der Waals surface area contributed by atoms with Gasteiger partial charge >= 0.3 is 0 Å². The average molecular weight is 351 g/mol. The van der Waals surface area contributed by atoms with Crippen LogP contribution in [-0.2, 0) is 0 Å². The third kappa shape index (κ3) is 5.01.